The van der Waals surface area contributed by atoms with Crippen molar-refractivity contribution in [1.29, 1.82) is 0 Å². The Kier molecular flexibility index (Phi) is 4.92. The summed E-state index contributed by atoms with van der Waals surface area (Å²) in [5.41, 5.74) is 2.67. The molecular formula is C18H24N6O. The molecule has 0 saturated carbocycles. The second-order valence-electron chi connectivity index (χ2n) is 6.55. The average molecular weight is 340 g/mol. The molecule has 1 amide bonds. The van der Waals surface area contributed by atoms with Crippen molar-refractivity contribution < 1.29 is 4.79 Å². The van der Waals surface area contributed by atoms with Gasteiger partial charge in [-0.05, 0) is 46.1 Å². The molecule has 0 unspecified atom stereocenters. The molecule has 0 radical (unpaired) electrons. The SMILES string of the molecule is CC(=O)N1CCCC[C@@H]1c1cc(Nc2nc(C)cc(C)n2)nc(C)n1. The summed E-state index contributed by atoms with van der Waals surface area (Å²) < 4.78 is 0. The van der Waals surface area contributed by atoms with Crippen molar-refractivity contribution in [3.63, 3.8) is 0 Å². The van der Waals surface area contributed by atoms with E-state index in [0.717, 1.165) is 42.9 Å². The molecule has 1 aliphatic heterocycles. The lowest BCUT2D eigenvalue weighted by molar-refractivity contribution is -0.132. The van der Waals surface area contributed by atoms with Crippen LogP contribution in [0.5, 0.6) is 0 Å². The number of amides is 1. The van der Waals surface area contributed by atoms with Crippen LogP contribution in [0.1, 0.15) is 55.1 Å². The van der Waals surface area contributed by atoms with Crippen molar-refractivity contribution in [1.82, 2.24) is 24.8 Å². The lowest BCUT2D eigenvalue weighted by Gasteiger charge is -2.34. The van der Waals surface area contributed by atoms with Crippen LogP contribution < -0.4 is 5.32 Å². The van der Waals surface area contributed by atoms with Crippen molar-refractivity contribution in [3.05, 3.63) is 35.0 Å². The number of anilines is 2. The quantitative estimate of drug-likeness (QED) is 0.924. The van der Waals surface area contributed by atoms with Gasteiger partial charge in [-0.25, -0.2) is 19.9 Å². The fourth-order valence-electron chi connectivity index (χ4n) is 3.34. The summed E-state index contributed by atoms with van der Waals surface area (Å²) in [6.07, 6.45) is 3.07. The third-order valence-corrected chi connectivity index (χ3v) is 4.33. The molecule has 1 fully saturated rings. The van der Waals surface area contributed by atoms with Gasteiger partial charge in [-0.1, -0.05) is 0 Å². The van der Waals surface area contributed by atoms with Crippen molar-refractivity contribution in [2.45, 2.75) is 53.0 Å². The van der Waals surface area contributed by atoms with Crippen LogP contribution in [0.4, 0.5) is 11.8 Å². The van der Waals surface area contributed by atoms with Crippen LogP contribution in [0.2, 0.25) is 0 Å². The molecule has 1 saturated heterocycles. The molecule has 0 bridgehead atoms. The molecule has 2 aromatic heterocycles. The first-order chi connectivity index (χ1) is 11.9. The van der Waals surface area contributed by atoms with Gasteiger partial charge in [0, 0.05) is 30.9 Å². The smallest absolute Gasteiger partial charge is 0.228 e. The highest BCUT2D eigenvalue weighted by molar-refractivity contribution is 5.74. The topological polar surface area (TPSA) is 83.9 Å². The van der Waals surface area contributed by atoms with E-state index in [2.05, 4.69) is 25.3 Å². The molecule has 7 heteroatoms. The maximum atomic E-state index is 12.0. The molecule has 1 atom stereocenters. The molecule has 132 valence electrons. The lowest BCUT2D eigenvalue weighted by atomic mass is 9.99. The van der Waals surface area contributed by atoms with E-state index in [9.17, 15) is 4.79 Å². The van der Waals surface area contributed by atoms with Gasteiger partial charge >= 0.3 is 0 Å². The highest BCUT2D eigenvalue weighted by Crippen LogP contribution is 2.31. The van der Waals surface area contributed by atoms with Gasteiger partial charge in [-0.15, -0.1) is 0 Å². The fourth-order valence-corrected chi connectivity index (χ4v) is 3.34. The van der Waals surface area contributed by atoms with Crippen molar-refractivity contribution >= 4 is 17.7 Å². The minimum absolute atomic E-state index is 0.00802. The Balaban J connectivity index is 1.90. The van der Waals surface area contributed by atoms with Gasteiger partial charge in [-0.3, -0.25) is 4.79 Å². The van der Waals surface area contributed by atoms with Crippen molar-refractivity contribution in [2.24, 2.45) is 0 Å². The fraction of sp³-hybridized carbons (Fsp3) is 0.500. The molecule has 1 N–H and O–H groups in total. The number of aryl methyl sites for hydroxylation is 3. The standard InChI is InChI=1S/C18H24N6O/c1-11-9-12(2)20-18(19-11)23-17-10-15(21-13(3)22-17)16-7-5-6-8-24(16)14(4)25/h9-10,16H,5-8H2,1-4H3,(H,19,20,21,22,23)/t16-/m1/s1. The first-order valence-corrected chi connectivity index (χ1v) is 8.64. The second kappa shape index (κ2) is 7.13. The Morgan fingerprint density at radius 1 is 1.08 bits per heavy atom. The van der Waals surface area contributed by atoms with Gasteiger partial charge in [0.2, 0.25) is 11.9 Å². The molecule has 2 aromatic rings. The Labute approximate surface area is 147 Å². The zero-order valence-corrected chi connectivity index (χ0v) is 15.2. The third kappa shape index (κ3) is 4.10. The number of carbonyl (C=O) groups is 1. The largest absolute Gasteiger partial charge is 0.334 e. The minimum atomic E-state index is 0.00802. The van der Waals surface area contributed by atoms with E-state index in [1.165, 1.54) is 0 Å². The Hall–Kier alpha value is -2.57. The summed E-state index contributed by atoms with van der Waals surface area (Å²) in [6, 6.07) is 3.84. The molecule has 3 heterocycles. The maximum absolute atomic E-state index is 12.0. The van der Waals surface area contributed by atoms with Gasteiger partial charge in [0.05, 0.1) is 11.7 Å². The highest BCUT2D eigenvalue weighted by atomic mass is 16.2. The molecule has 1 aliphatic rings. The number of rotatable bonds is 3. The third-order valence-electron chi connectivity index (χ3n) is 4.33. The molecular weight excluding hydrogens is 316 g/mol. The Bertz CT molecular complexity index is 771. The van der Waals surface area contributed by atoms with Gasteiger partial charge in [0.25, 0.3) is 0 Å². The molecule has 7 nitrogen and oxygen atoms in total. The number of nitrogens with one attached hydrogen (secondary N) is 1. The van der Waals surface area contributed by atoms with Crippen LogP contribution in [-0.2, 0) is 4.79 Å². The van der Waals surface area contributed by atoms with Crippen LogP contribution in [0.25, 0.3) is 0 Å². The van der Waals surface area contributed by atoms with Crippen molar-refractivity contribution in [3.8, 4) is 0 Å². The molecule has 3 rings (SSSR count). The summed E-state index contributed by atoms with van der Waals surface area (Å²) in [6.45, 7) is 8.13. The predicted octanol–water partition coefficient (Wildman–Crippen LogP) is 3.01. The monoisotopic (exact) mass is 340 g/mol. The summed E-state index contributed by atoms with van der Waals surface area (Å²) in [4.78, 5) is 31.7. The van der Waals surface area contributed by atoms with Gasteiger partial charge in [-0.2, -0.15) is 0 Å². The summed E-state index contributed by atoms with van der Waals surface area (Å²) in [5.74, 6) is 1.93. The minimum Gasteiger partial charge on any atom is -0.334 e. The van der Waals surface area contributed by atoms with Crippen LogP contribution in [-0.4, -0.2) is 37.3 Å². The summed E-state index contributed by atoms with van der Waals surface area (Å²) in [7, 11) is 0. The first kappa shape index (κ1) is 17.3. The number of aromatic nitrogens is 4. The summed E-state index contributed by atoms with van der Waals surface area (Å²) in [5, 5.41) is 3.17. The number of likely N-dealkylation sites (tertiary alicyclic amines) is 1. The molecule has 0 aliphatic carbocycles. The molecule has 0 aromatic carbocycles. The van der Waals surface area contributed by atoms with E-state index < -0.39 is 0 Å². The average Bonchev–Trinajstić information content (AvgIpc) is 2.53. The van der Waals surface area contributed by atoms with E-state index in [0.29, 0.717) is 17.6 Å². The lowest BCUT2D eigenvalue weighted by Crippen LogP contribution is -2.37. The normalized spacial score (nSPS) is 17.4. The highest BCUT2D eigenvalue weighted by Gasteiger charge is 2.27. The molecule has 0 spiro atoms. The van der Waals surface area contributed by atoms with Crippen LogP contribution in [0.3, 0.4) is 0 Å². The summed E-state index contributed by atoms with van der Waals surface area (Å²) >= 11 is 0. The Morgan fingerprint density at radius 2 is 1.80 bits per heavy atom. The van der Waals surface area contributed by atoms with E-state index in [1.807, 2.05) is 37.8 Å². The van der Waals surface area contributed by atoms with E-state index in [-0.39, 0.29) is 11.9 Å². The number of carbonyl (C=O) groups excluding carboxylic acids is 1. The number of hydrogen-bond acceptors (Lipinski definition) is 6. The van der Waals surface area contributed by atoms with Gasteiger partial charge < -0.3 is 10.2 Å². The maximum Gasteiger partial charge on any atom is 0.228 e. The number of piperidine rings is 1. The second-order valence-corrected chi connectivity index (χ2v) is 6.55. The van der Waals surface area contributed by atoms with Gasteiger partial charge in [0.15, 0.2) is 0 Å². The van der Waals surface area contributed by atoms with E-state index in [1.54, 1.807) is 6.92 Å². The first-order valence-electron chi connectivity index (χ1n) is 8.64. The molecule has 25 heavy (non-hydrogen) atoms. The van der Waals surface area contributed by atoms with Crippen LogP contribution >= 0.6 is 0 Å². The van der Waals surface area contributed by atoms with E-state index in [4.69, 9.17) is 0 Å². The van der Waals surface area contributed by atoms with Crippen molar-refractivity contribution in [2.75, 3.05) is 11.9 Å². The van der Waals surface area contributed by atoms with E-state index >= 15 is 0 Å². The number of nitrogens with zero attached hydrogens (tertiary/aromatic N) is 5. The van der Waals surface area contributed by atoms with Crippen LogP contribution in [0.15, 0.2) is 12.1 Å². The van der Waals surface area contributed by atoms with Gasteiger partial charge in [0.1, 0.15) is 11.6 Å². The number of hydrogen-bond donors (Lipinski definition) is 1. The van der Waals surface area contributed by atoms with Crippen LogP contribution in [0, 0.1) is 20.8 Å². The zero-order valence-electron chi connectivity index (χ0n) is 15.2. The predicted molar refractivity (Wildman–Crippen MR) is 95.5 cm³/mol. The zero-order chi connectivity index (χ0) is 18.0. The Morgan fingerprint density at radius 3 is 2.48 bits per heavy atom.